The van der Waals surface area contributed by atoms with Gasteiger partial charge in [0.2, 0.25) is 0 Å². The van der Waals surface area contributed by atoms with Gasteiger partial charge in [-0.15, -0.1) is 0 Å². The van der Waals surface area contributed by atoms with Crippen LogP contribution in [0.1, 0.15) is 12.8 Å². The highest BCUT2D eigenvalue weighted by Crippen LogP contribution is 2.35. The number of imidazole rings is 1. The zero-order valence-electron chi connectivity index (χ0n) is 14.5. The summed E-state index contributed by atoms with van der Waals surface area (Å²) < 4.78 is 62.5. The molecule has 1 saturated heterocycles. The number of halogens is 4. The quantitative estimate of drug-likeness (QED) is 0.447. The molecular formula is C19H15F4N3OS. The maximum Gasteiger partial charge on any atom is 0.252 e. The van der Waals surface area contributed by atoms with Crippen LogP contribution in [0.25, 0.3) is 11.3 Å². The van der Waals surface area contributed by atoms with E-state index in [1.807, 2.05) is 30.3 Å². The van der Waals surface area contributed by atoms with Gasteiger partial charge in [0.25, 0.3) is 11.9 Å². The lowest BCUT2D eigenvalue weighted by atomic mass is 10.1. The molecule has 1 unspecified atom stereocenters. The summed E-state index contributed by atoms with van der Waals surface area (Å²) in [7, 11) is 0. The Morgan fingerprint density at radius 1 is 1.07 bits per heavy atom. The lowest BCUT2D eigenvalue weighted by molar-refractivity contribution is 0.0954. The minimum atomic E-state index is -1.69. The number of pyridine rings is 1. The van der Waals surface area contributed by atoms with E-state index < -0.39 is 28.4 Å². The van der Waals surface area contributed by atoms with Gasteiger partial charge < -0.3 is 9.30 Å². The number of benzene rings is 1. The third-order valence-electron chi connectivity index (χ3n) is 4.45. The summed E-state index contributed by atoms with van der Waals surface area (Å²) in [5.41, 5.74) is 1.57. The van der Waals surface area contributed by atoms with Crippen LogP contribution in [0.3, 0.4) is 0 Å². The number of rotatable bonds is 5. The molecule has 0 radical (unpaired) electrons. The van der Waals surface area contributed by atoms with E-state index in [1.54, 1.807) is 10.8 Å². The molecule has 0 spiro atoms. The lowest BCUT2D eigenvalue weighted by Crippen LogP contribution is -2.16. The Labute approximate surface area is 162 Å². The third-order valence-corrected chi connectivity index (χ3v) is 5.52. The molecule has 146 valence electrons. The van der Waals surface area contributed by atoms with Crippen LogP contribution in [-0.2, 0) is 11.3 Å². The van der Waals surface area contributed by atoms with Gasteiger partial charge in [0.1, 0.15) is 0 Å². The first-order valence-electron chi connectivity index (χ1n) is 8.65. The van der Waals surface area contributed by atoms with Crippen molar-refractivity contribution in [2.75, 3.05) is 6.61 Å². The predicted molar refractivity (Wildman–Crippen MR) is 94.8 cm³/mol. The molecule has 1 aliphatic rings. The van der Waals surface area contributed by atoms with Gasteiger partial charge in [-0.2, -0.15) is 13.8 Å². The van der Waals surface area contributed by atoms with Crippen molar-refractivity contribution < 1.29 is 22.3 Å². The van der Waals surface area contributed by atoms with Crippen molar-refractivity contribution in [1.82, 2.24) is 14.5 Å². The van der Waals surface area contributed by atoms with E-state index in [-0.39, 0.29) is 11.3 Å². The van der Waals surface area contributed by atoms with Crippen LogP contribution < -0.4 is 0 Å². The number of nitrogens with zero attached hydrogens (tertiary/aromatic N) is 3. The summed E-state index contributed by atoms with van der Waals surface area (Å²) in [6.07, 6.45) is 3.26. The maximum atomic E-state index is 14.1. The first-order chi connectivity index (χ1) is 13.5. The van der Waals surface area contributed by atoms with Gasteiger partial charge in [0, 0.05) is 6.61 Å². The molecule has 0 N–H and O–H groups in total. The Balaban J connectivity index is 1.76. The SMILES string of the molecule is Fc1nc(F)c(F)c(Sc2ncc(-c3ccccc3)n2CC2CCCO2)c1F. The van der Waals surface area contributed by atoms with Crippen LogP contribution in [-0.4, -0.2) is 27.2 Å². The molecule has 1 fully saturated rings. The van der Waals surface area contributed by atoms with E-state index in [1.165, 1.54) is 0 Å². The van der Waals surface area contributed by atoms with E-state index in [0.29, 0.717) is 24.9 Å². The second-order valence-corrected chi connectivity index (χ2v) is 7.27. The van der Waals surface area contributed by atoms with Crippen LogP contribution in [0, 0.1) is 23.5 Å². The zero-order chi connectivity index (χ0) is 19.7. The van der Waals surface area contributed by atoms with Gasteiger partial charge >= 0.3 is 0 Å². The van der Waals surface area contributed by atoms with Gasteiger partial charge in [0.05, 0.1) is 29.4 Å². The highest BCUT2D eigenvalue weighted by Gasteiger charge is 2.26. The standard InChI is InChI=1S/C19H15F4N3OS/c20-14-16(15(21)18(23)25-17(14)22)28-19-24-9-13(11-5-2-1-3-6-11)26(19)10-12-7-4-8-27-12/h1-3,5-6,9,12H,4,7-8,10H2. The molecule has 28 heavy (non-hydrogen) atoms. The summed E-state index contributed by atoms with van der Waals surface area (Å²) in [6, 6.07) is 9.35. The smallest absolute Gasteiger partial charge is 0.252 e. The topological polar surface area (TPSA) is 39.9 Å². The van der Waals surface area contributed by atoms with Crippen LogP contribution >= 0.6 is 11.8 Å². The second kappa shape index (κ2) is 7.92. The average molecular weight is 409 g/mol. The highest BCUT2D eigenvalue weighted by atomic mass is 32.2. The molecule has 0 amide bonds. The Kier molecular flexibility index (Phi) is 5.36. The van der Waals surface area contributed by atoms with Gasteiger partial charge in [0.15, 0.2) is 16.8 Å². The first kappa shape index (κ1) is 18.9. The van der Waals surface area contributed by atoms with Crippen LogP contribution in [0.2, 0.25) is 0 Å². The molecule has 1 atom stereocenters. The molecule has 4 rings (SSSR count). The summed E-state index contributed by atoms with van der Waals surface area (Å²) in [5.74, 6) is -6.47. The van der Waals surface area contributed by atoms with Crippen molar-refractivity contribution in [2.24, 2.45) is 0 Å². The molecule has 1 aromatic carbocycles. The van der Waals surface area contributed by atoms with Crippen LogP contribution in [0.4, 0.5) is 17.6 Å². The minimum absolute atomic E-state index is 0.0726. The third kappa shape index (κ3) is 3.64. The van der Waals surface area contributed by atoms with E-state index in [2.05, 4.69) is 9.97 Å². The Hall–Kier alpha value is -2.39. The zero-order valence-corrected chi connectivity index (χ0v) is 15.4. The van der Waals surface area contributed by atoms with Crippen molar-refractivity contribution in [3.05, 3.63) is 60.1 Å². The minimum Gasteiger partial charge on any atom is -0.376 e. The first-order valence-corrected chi connectivity index (χ1v) is 9.46. The largest absolute Gasteiger partial charge is 0.376 e. The van der Waals surface area contributed by atoms with Crippen molar-refractivity contribution in [2.45, 2.75) is 35.5 Å². The van der Waals surface area contributed by atoms with E-state index in [0.717, 1.165) is 24.1 Å². The van der Waals surface area contributed by atoms with Crippen LogP contribution in [0.15, 0.2) is 46.6 Å². The van der Waals surface area contributed by atoms with Gasteiger partial charge in [-0.3, -0.25) is 0 Å². The monoisotopic (exact) mass is 409 g/mol. The molecule has 3 heterocycles. The van der Waals surface area contributed by atoms with Crippen molar-refractivity contribution in [1.29, 1.82) is 0 Å². The second-order valence-electron chi connectivity index (χ2n) is 6.29. The fraction of sp³-hybridized carbons (Fsp3) is 0.263. The predicted octanol–water partition coefficient (Wildman–Crippen LogP) is 4.83. The number of hydrogen-bond donors (Lipinski definition) is 0. The maximum absolute atomic E-state index is 14.1. The van der Waals surface area contributed by atoms with Gasteiger partial charge in [-0.05, 0) is 30.2 Å². The highest BCUT2D eigenvalue weighted by molar-refractivity contribution is 7.99. The normalized spacial score (nSPS) is 16.6. The molecule has 0 saturated carbocycles. The molecular weight excluding hydrogens is 394 g/mol. The molecule has 2 aromatic heterocycles. The number of hydrogen-bond acceptors (Lipinski definition) is 4. The lowest BCUT2D eigenvalue weighted by Gasteiger charge is -2.16. The Bertz CT molecular complexity index is 964. The summed E-state index contributed by atoms with van der Waals surface area (Å²) in [5, 5.41) is 0.206. The number of aromatic nitrogens is 3. The average Bonchev–Trinajstić information content (AvgIpc) is 3.35. The molecule has 9 heteroatoms. The van der Waals surface area contributed by atoms with E-state index >= 15 is 0 Å². The Morgan fingerprint density at radius 3 is 2.43 bits per heavy atom. The van der Waals surface area contributed by atoms with Crippen LogP contribution in [0.5, 0.6) is 0 Å². The molecule has 0 aliphatic carbocycles. The fourth-order valence-electron chi connectivity index (χ4n) is 3.10. The van der Waals surface area contributed by atoms with Crippen molar-refractivity contribution in [3.63, 3.8) is 0 Å². The summed E-state index contributed by atoms with van der Waals surface area (Å²) in [6.45, 7) is 1.05. The van der Waals surface area contributed by atoms with Gasteiger partial charge in [-0.25, -0.2) is 13.8 Å². The summed E-state index contributed by atoms with van der Waals surface area (Å²) >= 11 is 0.521. The molecule has 0 bridgehead atoms. The van der Waals surface area contributed by atoms with Crippen molar-refractivity contribution >= 4 is 11.8 Å². The van der Waals surface area contributed by atoms with E-state index in [9.17, 15) is 17.6 Å². The molecule has 3 aromatic rings. The molecule has 1 aliphatic heterocycles. The van der Waals surface area contributed by atoms with Gasteiger partial charge in [-0.1, -0.05) is 30.3 Å². The Morgan fingerprint density at radius 2 is 1.79 bits per heavy atom. The van der Waals surface area contributed by atoms with Crippen molar-refractivity contribution in [3.8, 4) is 11.3 Å². The van der Waals surface area contributed by atoms with E-state index in [4.69, 9.17) is 4.74 Å². The fourth-order valence-corrected chi connectivity index (χ4v) is 4.02. The number of ether oxygens (including phenoxy) is 1. The molecule has 4 nitrogen and oxygen atoms in total. The summed E-state index contributed by atoms with van der Waals surface area (Å²) in [4.78, 5) is 6.02.